The first kappa shape index (κ1) is 35.1. The van der Waals surface area contributed by atoms with Crippen molar-refractivity contribution in [3.05, 3.63) is 0 Å². The molecule has 0 aliphatic rings. The first-order chi connectivity index (χ1) is 12.5. The van der Waals surface area contributed by atoms with Gasteiger partial charge in [-0.25, -0.2) is 0 Å². The van der Waals surface area contributed by atoms with Crippen LogP contribution in [0.5, 0.6) is 0 Å². The second kappa shape index (κ2) is 19.9. The molecule has 0 saturated heterocycles. The van der Waals surface area contributed by atoms with Gasteiger partial charge in [0.25, 0.3) is 30.4 Å². The molecule has 0 aliphatic carbocycles. The Morgan fingerprint density at radius 2 is 0.929 bits per heavy atom. The highest BCUT2D eigenvalue weighted by molar-refractivity contribution is 7.86. The lowest BCUT2D eigenvalue weighted by Gasteiger charge is -2.04. The predicted octanol–water partition coefficient (Wildman–Crippen LogP) is -0.425. The van der Waals surface area contributed by atoms with Crippen molar-refractivity contribution < 1.29 is 54.2 Å². The van der Waals surface area contributed by atoms with Crippen LogP contribution in [0.3, 0.4) is 0 Å². The van der Waals surface area contributed by atoms with Crippen LogP contribution in [0.2, 0.25) is 0 Å². The largest absolute Gasteiger partial charge is 0.396 e. The molecule has 176 valence electrons. The Labute approximate surface area is 167 Å². The van der Waals surface area contributed by atoms with E-state index < -0.39 is 36.5 Å². The smallest absolute Gasteiger partial charge is 0.264 e. The minimum atomic E-state index is -3.66. The summed E-state index contributed by atoms with van der Waals surface area (Å²) in [7, 11) is -11.0. The van der Waals surface area contributed by atoms with Crippen LogP contribution in [0.1, 0.15) is 46.5 Å². The summed E-state index contributed by atoms with van der Waals surface area (Å²) in [6.07, 6.45) is 2.66. The number of rotatable bonds is 9. The van der Waals surface area contributed by atoms with Gasteiger partial charge in [0.1, 0.15) is 0 Å². The van der Waals surface area contributed by atoms with E-state index in [9.17, 15) is 25.3 Å². The molecule has 12 nitrogen and oxygen atoms in total. The molecule has 1 unspecified atom stereocenters. The monoisotopic (exact) mass is 478 g/mol. The summed E-state index contributed by atoms with van der Waals surface area (Å²) in [5, 5.41) is 25.6. The summed E-state index contributed by atoms with van der Waals surface area (Å²) < 4.78 is 80.7. The lowest BCUT2D eigenvalue weighted by atomic mass is 10.1. The standard InChI is InChI=1S/C7H16O3.3C2H6O3S/c8-5-3-1-2-4-7(10)6-9;3*1-2-6(3,4)5/h7-10H,1-6H2;3*2H2,1H3,(H,3,4,5). The van der Waals surface area contributed by atoms with Gasteiger partial charge in [-0.15, -0.1) is 0 Å². The van der Waals surface area contributed by atoms with Gasteiger partial charge in [0.05, 0.1) is 30.0 Å². The average Bonchev–Trinajstić information content (AvgIpc) is 2.58. The van der Waals surface area contributed by atoms with Gasteiger partial charge in [0.2, 0.25) is 0 Å². The van der Waals surface area contributed by atoms with Gasteiger partial charge in [-0.2, -0.15) is 25.3 Å². The summed E-state index contributed by atoms with van der Waals surface area (Å²) in [5.74, 6) is -0.604. The average molecular weight is 479 g/mol. The Morgan fingerprint density at radius 3 is 1.11 bits per heavy atom. The minimum absolute atomic E-state index is 0.154. The summed E-state index contributed by atoms with van der Waals surface area (Å²) in [5.41, 5.74) is 0. The van der Waals surface area contributed by atoms with Crippen molar-refractivity contribution in [2.24, 2.45) is 0 Å². The van der Waals surface area contributed by atoms with Gasteiger partial charge in [0.15, 0.2) is 0 Å². The zero-order valence-corrected chi connectivity index (χ0v) is 18.7. The lowest BCUT2D eigenvalue weighted by molar-refractivity contribution is 0.0856. The Hall–Kier alpha value is -0.390. The van der Waals surface area contributed by atoms with Crippen LogP contribution >= 0.6 is 0 Å². The molecule has 0 radical (unpaired) electrons. The van der Waals surface area contributed by atoms with Crippen LogP contribution in [0.15, 0.2) is 0 Å². The summed E-state index contributed by atoms with van der Waals surface area (Å²) in [6, 6.07) is 0. The van der Waals surface area contributed by atoms with E-state index in [0.29, 0.717) is 6.42 Å². The first-order valence-corrected chi connectivity index (χ1v) is 13.1. The summed E-state index contributed by atoms with van der Waals surface area (Å²) in [6.45, 7) is 4.17. The molecule has 0 bridgehead atoms. The van der Waals surface area contributed by atoms with E-state index in [2.05, 4.69) is 0 Å². The molecule has 6 N–H and O–H groups in total. The quantitative estimate of drug-likeness (QED) is 0.183. The zero-order chi connectivity index (χ0) is 23.4. The van der Waals surface area contributed by atoms with E-state index in [4.69, 9.17) is 29.0 Å². The van der Waals surface area contributed by atoms with Gasteiger partial charge >= 0.3 is 0 Å². The van der Waals surface area contributed by atoms with Crippen molar-refractivity contribution in [1.29, 1.82) is 0 Å². The Bertz CT molecular complexity index is 550. The van der Waals surface area contributed by atoms with E-state index >= 15 is 0 Å². The number of unbranched alkanes of at least 4 members (excludes halogenated alkanes) is 2. The Morgan fingerprint density at radius 1 is 0.643 bits per heavy atom. The lowest BCUT2D eigenvalue weighted by Crippen LogP contribution is -2.11. The zero-order valence-electron chi connectivity index (χ0n) is 16.3. The fourth-order valence-electron chi connectivity index (χ4n) is 0.760. The van der Waals surface area contributed by atoms with E-state index in [1.807, 2.05) is 0 Å². The van der Waals surface area contributed by atoms with Crippen LogP contribution in [0, 0.1) is 0 Å². The SMILES string of the molecule is CCS(=O)(=O)O.CCS(=O)(=O)O.CCS(=O)(=O)O.OCCCCCC(O)CO. The second-order valence-electron chi connectivity index (χ2n) is 5.02. The molecular formula is C13H34O12S3. The molecule has 0 spiro atoms. The number of aliphatic hydroxyl groups excluding tert-OH is 3. The van der Waals surface area contributed by atoms with Crippen molar-refractivity contribution in [2.45, 2.75) is 52.6 Å². The van der Waals surface area contributed by atoms with Gasteiger partial charge < -0.3 is 15.3 Å². The van der Waals surface area contributed by atoms with Crippen molar-refractivity contribution in [3.8, 4) is 0 Å². The molecule has 0 aromatic carbocycles. The third-order valence-corrected chi connectivity index (χ3v) is 4.69. The third-order valence-electron chi connectivity index (χ3n) is 2.50. The van der Waals surface area contributed by atoms with Crippen LogP contribution in [0.4, 0.5) is 0 Å². The molecule has 0 amide bonds. The molecule has 0 heterocycles. The van der Waals surface area contributed by atoms with Gasteiger partial charge in [-0.05, 0) is 33.6 Å². The van der Waals surface area contributed by atoms with Crippen molar-refractivity contribution in [1.82, 2.24) is 0 Å². The van der Waals surface area contributed by atoms with Crippen molar-refractivity contribution >= 4 is 30.4 Å². The Balaban J connectivity index is -0.000000142. The van der Waals surface area contributed by atoms with Crippen molar-refractivity contribution in [2.75, 3.05) is 30.5 Å². The fourth-order valence-corrected chi connectivity index (χ4v) is 0.760. The van der Waals surface area contributed by atoms with Gasteiger partial charge in [0, 0.05) is 6.61 Å². The fraction of sp³-hybridized carbons (Fsp3) is 1.00. The van der Waals surface area contributed by atoms with Gasteiger partial charge in [-0.1, -0.05) is 12.8 Å². The highest BCUT2D eigenvalue weighted by Gasteiger charge is 1.99. The van der Waals surface area contributed by atoms with Crippen LogP contribution in [-0.2, 0) is 30.4 Å². The highest BCUT2D eigenvalue weighted by Crippen LogP contribution is 2.02. The maximum absolute atomic E-state index is 9.56. The van der Waals surface area contributed by atoms with Crippen LogP contribution < -0.4 is 0 Å². The van der Waals surface area contributed by atoms with E-state index in [1.165, 1.54) is 20.8 Å². The molecule has 15 heteroatoms. The first-order valence-electron chi connectivity index (χ1n) is 8.24. The highest BCUT2D eigenvalue weighted by atomic mass is 32.2. The number of hydrogen-bond donors (Lipinski definition) is 6. The normalized spacial score (nSPS) is 12.3. The number of aliphatic hydroxyl groups is 3. The van der Waals surface area contributed by atoms with E-state index in [-0.39, 0.29) is 30.5 Å². The molecule has 0 aromatic rings. The summed E-state index contributed by atoms with van der Waals surface area (Å²) in [4.78, 5) is 0. The minimum Gasteiger partial charge on any atom is -0.396 e. The Kier molecular flexibility index (Phi) is 24.9. The predicted molar refractivity (Wildman–Crippen MR) is 105 cm³/mol. The number of hydrogen-bond acceptors (Lipinski definition) is 9. The molecular weight excluding hydrogens is 444 g/mol. The maximum atomic E-state index is 9.56. The topological polar surface area (TPSA) is 224 Å². The van der Waals surface area contributed by atoms with Crippen LogP contribution in [-0.4, -0.2) is 90.8 Å². The van der Waals surface area contributed by atoms with Gasteiger partial charge in [-0.3, -0.25) is 13.7 Å². The molecule has 0 fully saturated rings. The molecule has 0 saturated carbocycles. The second-order valence-corrected chi connectivity index (χ2v) is 10.2. The molecule has 0 rings (SSSR count). The molecule has 0 aromatic heterocycles. The van der Waals surface area contributed by atoms with Crippen LogP contribution in [0.25, 0.3) is 0 Å². The van der Waals surface area contributed by atoms with E-state index in [1.54, 1.807) is 0 Å². The third kappa shape index (κ3) is 56.2. The maximum Gasteiger partial charge on any atom is 0.264 e. The van der Waals surface area contributed by atoms with Crippen molar-refractivity contribution in [3.63, 3.8) is 0 Å². The molecule has 0 aliphatic heterocycles. The molecule has 1 atom stereocenters. The summed E-state index contributed by atoms with van der Waals surface area (Å²) >= 11 is 0. The molecule has 28 heavy (non-hydrogen) atoms. The van der Waals surface area contributed by atoms with E-state index in [0.717, 1.165) is 19.3 Å².